The number of nitrogens with two attached hydrogens (primary N) is 1. The first-order valence-electron chi connectivity index (χ1n) is 9.77. The molecule has 0 aliphatic carbocycles. The molecule has 3 N–H and O–H groups in total. The van der Waals surface area contributed by atoms with Crippen LogP contribution in [-0.4, -0.2) is 28.0 Å². The first-order chi connectivity index (χ1) is 14.2. The van der Waals surface area contributed by atoms with Gasteiger partial charge in [-0.2, -0.15) is 0 Å². The van der Waals surface area contributed by atoms with Gasteiger partial charge in [-0.25, -0.2) is 4.98 Å². The molecule has 4 heterocycles. The number of H-pyrrole nitrogens is 1. The molecule has 0 saturated carbocycles. The third-order valence-electron chi connectivity index (χ3n) is 5.45. The maximum Gasteiger partial charge on any atom is 0.260 e. The lowest BCUT2D eigenvalue weighted by Gasteiger charge is -2.29. The Morgan fingerprint density at radius 3 is 2.66 bits per heavy atom. The van der Waals surface area contributed by atoms with Crippen LogP contribution in [0.2, 0.25) is 0 Å². The van der Waals surface area contributed by atoms with Gasteiger partial charge in [-0.15, -0.1) is 11.3 Å². The van der Waals surface area contributed by atoms with Crippen LogP contribution in [0.4, 0.5) is 11.4 Å². The molecule has 7 heteroatoms. The number of pyridine rings is 2. The molecule has 4 aromatic rings. The standard InChI is InChI=1S/C22H21N5OS/c23-20-16-12-15(27-10-2-1-3-11-27)4-5-17(16)25-21(28)19(20)18-13-29-22(26-18)14-6-8-24-9-7-14/h4-9,12-13H,1-3,10-11H2,(H3,23,25,28). The third kappa shape index (κ3) is 3.27. The molecule has 0 unspecified atom stereocenters. The SMILES string of the molecule is Nc1c(-c2csc(-c3ccncc3)n2)c(=O)[nH]c2ccc(N3CCCCC3)cc12. The molecule has 1 aromatic carbocycles. The molecule has 0 spiro atoms. The average molecular weight is 404 g/mol. The van der Waals surface area contributed by atoms with Crippen LogP contribution in [0.25, 0.3) is 32.7 Å². The number of fused-ring (bicyclic) bond motifs is 1. The molecular weight excluding hydrogens is 382 g/mol. The van der Waals surface area contributed by atoms with Gasteiger partial charge in [0, 0.05) is 47.5 Å². The molecule has 1 aliphatic heterocycles. The summed E-state index contributed by atoms with van der Waals surface area (Å²) in [5.74, 6) is 0. The van der Waals surface area contributed by atoms with Gasteiger partial charge in [-0.1, -0.05) is 0 Å². The number of piperidine rings is 1. The van der Waals surface area contributed by atoms with Crippen molar-refractivity contribution in [2.75, 3.05) is 23.7 Å². The van der Waals surface area contributed by atoms with E-state index in [-0.39, 0.29) is 5.56 Å². The number of hydrogen-bond donors (Lipinski definition) is 2. The zero-order chi connectivity index (χ0) is 19.8. The first kappa shape index (κ1) is 17.9. The van der Waals surface area contributed by atoms with Gasteiger partial charge >= 0.3 is 0 Å². The van der Waals surface area contributed by atoms with Crippen molar-refractivity contribution < 1.29 is 0 Å². The predicted octanol–water partition coefficient (Wildman–Crippen LogP) is 4.29. The first-order valence-corrected chi connectivity index (χ1v) is 10.7. The second kappa shape index (κ2) is 7.33. The van der Waals surface area contributed by atoms with E-state index in [2.05, 4.69) is 32.0 Å². The lowest BCUT2D eigenvalue weighted by atomic mass is 10.1. The predicted molar refractivity (Wildman–Crippen MR) is 119 cm³/mol. The number of hydrogen-bond acceptors (Lipinski definition) is 6. The summed E-state index contributed by atoms with van der Waals surface area (Å²) in [4.78, 5) is 26.9. The van der Waals surface area contributed by atoms with Crippen LogP contribution in [-0.2, 0) is 0 Å². The number of nitrogens with zero attached hydrogens (tertiary/aromatic N) is 3. The highest BCUT2D eigenvalue weighted by atomic mass is 32.1. The minimum Gasteiger partial charge on any atom is -0.397 e. The van der Waals surface area contributed by atoms with Crippen molar-refractivity contribution in [3.05, 3.63) is 58.5 Å². The van der Waals surface area contributed by atoms with Crippen LogP contribution in [0, 0.1) is 0 Å². The van der Waals surface area contributed by atoms with Gasteiger partial charge in [-0.3, -0.25) is 9.78 Å². The lowest BCUT2D eigenvalue weighted by Crippen LogP contribution is -2.29. The summed E-state index contributed by atoms with van der Waals surface area (Å²) in [5.41, 5.74) is 10.7. The number of nitrogens with one attached hydrogen (secondary N) is 1. The number of nitrogen functional groups attached to an aromatic ring is 1. The number of rotatable bonds is 3. The van der Waals surface area contributed by atoms with Gasteiger partial charge in [0.15, 0.2) is 0 Å². The van der Waals surface area contributed by atoms with E-state index in [1.54, 1.807) is 12.4 Å². The van der Waals surface area contributed by atoms with E-state index in [1.807, 2.05) is 23.6 Å². The van der Waals surface area contributed by atoms with Crippen molar-refractivity contribution >= 4 is 33.6 Å². The molecule has 29 heavy (non-hydrogen) atoms. The molecule has 146 valence electrons. The maximum atomic E-state index is 12.8. The minimum absolute atomic E-state index is 0.215. The summed E-state index contributed by atoms with van der Waals surface area (Å²) in [6.07, 6.45) is 7.17. The fourth-order valence-corrected chi connectivity index (χ4v) is 4.74. The highest BCUT2D eigenvalue weighted by Gasteiger charge is 2.18. The Balaban J connectivity index is 1.60. The van der Waals surface area contributed by atoms with Crippen LogP contribution < -0.4 is 16.2 Å². The second-order valence-electron chi connectivity index (χ2n) is 7.29. The number of aromatic amines is 1. The van der Waals surface area contributed by atoms with Crippen LogP contribution >= 0.6 is 11.3 Å². The third-order valence-corrected chi connectivity index (χ3v) is 6.34. The van der Waals surface area contributed by atoms with E-state index in [1.165, 1.54) is 30.6 Å². The van der Waals surface area contributed by atoms with Gasteiger partial charge in [0.05, 0.1) is 22.5 Å². The number of aromatic nitrogens is 3. The topological polar surface area (TPSA) is 87.9 Å². The Morgan fingerprint density at radius 2 is 1.86 bits per heavy atom. The normalized spacial score (nSPS) is 14.4. The van der Waals surface area contributed by atoms with E-state index in [9.17, 15) is 4.79 Å². The van der Waals surface area contributed by atoms with Gasteiger partial charge in [0.1, 0.15) is 5.01 Å². The van der Waals surface area contributed by atoms with Crippen molar-refractivity contribution in [1.29, 1.82) is 0 Å². The van der Waals surface area contributed by atoms with Gasteiger partial charge < -0.3 is 15.6 Å². The number of thiazole rings is 1. The average Bonchev–Trinajstić information content (AvgIpc) is 3.25. The molecule has 1 aliphatic rings. The Labute approximate surface area is 172 Å². The lowest BCUT2D eigenvalue weighted by molar-refractivity contribution is 0.578. The quantitative estimate of drug-likeness (QED) is 0.533. The van der Waals surface area contributed by atoms with Crippen LogP contribution in [0.3, 0.4) is 0 Å². The largest absolute Gasteiger partial charge is 0.397 e. The summed E-state index contributed by atoms with van der Waals surface area (Å²) in [5, 5.41) is 3.58. The van der Waals surface area contributed by atoms with E-state index >= 15 is 0 Å². The zero-order valence-electron chi connectivity index (χ0n) is 15.9. The molecule has 0 bridgehead atoms. The molecule has 0 amide bonds. The highest BCUT2D eigenvalue weighted by molar-refractivity contribution is 7.13. The van der Waals surface area contributed by atoms with Gasteiger partial charge in [0.2, 0.25) is 0 Å². The van der Waals surface area contributed by atoms with E-state index in [0.717, 1.165) is 40.3 Å². The summed E-state index contributed by atoms with van der Waals surface area (Å²) in [7, 11) is 0. The van der Waals surface area contributed by atoms with Crippen molar-refractivity contribution in [2.45, 2.75) is 19.3 Å². The minimum atomic E-state index is -0.215. The summed E-state index contributed by atoms with van der Waals surface area (Å²) >= 11 is 1.49. The molecule has 3 aromatic heterocycles. The maximum absolute atomic E-state index is 12.8. The van der Waals surface area contributed by atoms with Crippen molar-refractivity contribution in [1.82, 2.24) is 15.0 Å². The Kier molecular flexibility index (Phi) is 4.52. The Hall–Kier alpha value is -3.19. The summed E-state index contributed by atoms with van der Waals surface area (Å²) in [6, 6.07) is 9.91. The smallest absolute Gasteiger partial charge is 0.260 e. The van der Waals surface area contributed by atoms with E-state index < -0.39 is 0 Å². The van der Waals surface area contributed by atoms with E-state index in [0.29, 0.717) is 16.9 Å². The molecule has 0 radical (unpaired) electrons. The van der Waals surface area contributed by atoms with Gasteiger partial charge in [-0.05, 0) is 49.6 Å². The molecule has 0 atom stereocenters. The molecule has 1 fully saturated rings. The van der Waals surface area contributed by atoms with E-state index in [4.69, 9.17) is 5.73 Å². The highest BCUT2D eigenvalue weighted by Crippen LogP contribution is 2.34. The van der Waals surface area contributed by atoms with Crippen LogP contribution in [0.15, 0.2) is 52.9 Å². The van der Waals surface area contributed by atoms with Crippen molar-refractivity contribution in [3.63, 3.8) is 0 Å². The fraction of sp³-hybridized carbons (Fsp3) is 0.227. The number of benzene rings is 1. The molecule has 1 saturated heterocycles. The monoisotopic (exact) mass is 403 g/mol. The Bertz CT molecular complexity index is 1230. The summed E-state index contributed by atoms with van der Waals surface area (Å²) in [6.45, 7) is 2.12. The molecule has 5 rings (SSSR count). The van der Waals surface area contributed by atoms with Gasteiger partial charge in [0.25, 0.3) is 5.56 Å². The number of anilines is 2. The molecule has 6 nitrogen and oxygen atoms in total. The Morgan fingerprint density at radius 1 is 1.07 bits per heavy atom. The van der Waals surface area contributed by atoms with Crippen molar-refractivity contribution in [2.24, 2.45) is 0 Å². The van der Waals surface area contributed by atoms with Crippen LogP contribution in [0.5, 0.6) is 0 Å². The fourth-order valence-electron chi connectivity index (χ4n) is 3.92. The molecular formula is C22H21N5OS. The van der Waals surface area contributed by atoms with Crippen LogP contribution in [0.1, 0.15) is 19.3 Å². The zero-order valence-corrected chi connectivity index (χ0v) is 16.7. The van der Waals surface area contributed by atoms with Crippen molar-refractivity contribution in [3.8, 4) is 21.8 Å². The summed E-state index contributed by atoms with van der Waals surface area (Å²) < 4.78 is 0. The second-order valence-corrected chi connectivity index (χ2v) is 8.15.